The topological polar surface area (TPSA) is 116 Å². The molecular formula is C26H34N2O6. The van der Waals surface area contributed by atoms with Crippen LogP contribution in [0.3, 0.4) is 0 Å². The summed E-state index contributed by atoms with van der Waals surface area (Å²) in [7, 11) is 0. The third-order valence-electron chi connectivity index (χ3n) is 5.40. The smallest absolute Gasteiger partial charge is 0.414 e. The lowest BCUT2D eigenvalue weighted by Gasteiger charge is -2.31. The number of rotatable bonds is 8. The van der Waals surface area contributed by atoms with Crippen LogP contribution in [0.15, 0.2) is 54.6 Å². The molecule has 0 radical (unpaired) electrons. The van der Waals surface area contributed by atoms with Gasteiger partial charge in [-0.05, 0) is 55.1 Å². The van der Waals surface area contributed by atoms with E-state index in [1.165, 1.54) is 11.1 Å². The number of hydrogen-bond acceptors (Lipinski definition) is 5. The summed E-state index contributed by atoms with van der Waals surface area (Å²) in [5, 5.41) is 17.9. The number of piperidine rings is 1. The average Bonchev–Trinajstić information content (AvgIpc) is 2.83. The molecule has 34 heavy (non-hydrogen) atoms. The van der Waals surface area contributed by atoms with Crippen LogP contribution in [0.2, 0.25) is 0 Å². The van der Waals surface area contributed by atoms with Gasteiger partial charge in [0.15, 0.2) is 0 Å². The summed E-state index contributed by atoms with van der Waals surface area (Å²) >= 11 is 0. The maximum Gasteiger partial charge on any atom is 0.414 e. The lowest BCUT2D eigenvalue weighted by atomic mass is 9.95. The zero-order chi connectivity index (χ0) is 24.9. The highest BCUT2D eigenvalue weighted by molar-refractivity contribution is 6.27. The Kier molecular flexibility index (Phi) is 11.1. The van der Waals surface area contributed by atoms with E-state index >= 15 is 0 Å². The van der Waals surface area contributed by atoms with Gasteiger partial charge < -0.3 is 20.3 Å². The Hall–Kier alpha value is -3.39. The maximum atomic E-state index is 12.2. The largest absolute Gasteiger partial charge is 0.489 e. The summed E-state index contributed by atoms with van der Waals surface area (Å²) in [6.07, 6.45) is 1.89. The van der Waals surface area contributed by atoms with Crippen LogP contribution in [-0.2, 0) is 27.5 Å². The number of nitrogens with one attached hydrogen (secondary N) is 1. The fourth-order valence-electron chi connectivity index (χ4n) is 3.49. The number of carboxylic acids is 2. The van der Waals surface area contributed by atoms with Crippen LogP contribution in [0.25, 0.3) is 0 Å². The van der Waals surface area contributed by atoms with Gasteiger partial charge in [-0.25, -0.2) is 9.59 Å². The third kappa shape index (κ3) is 10.0. The van der Waals surface area contributed by atoms with Crippen molar-refractivity contribution in [3.8, 4) is 5.75 Å². The van der Waals surface area contributed by atoms with Crippen molar-refractivity contribution in [2.45, 2.75) is 39.8 Å². The Bertz CT molecular complexity index is 895. The zero-order valence-corrected chi connectivity index (χ0v) is 19.8. The third-order valence-corrected chi connectivity index (χ3v) is 5.40. The Morgan fingerprint density at radius 1 is 0.941 bits per heavy atom. The fraction of sp³-hybridized carbons (Fsp3) is 0.423. The molecule has 2 aromatic carbocycles. The molecule has 1 heterocycles. The van der Waals surface area contributed by atoms with E-state index in [1.54, 1.807) is 0 Å². The molecule has 0 atom stereocenters. The van der Waals surface area contributed by atoms with Gasteiger partial charge in [-0.3, -0.25) is 9.69 Å². The molecule has 184 valence electrons. The predicted molar refractivity (Wildman–Crippen MR) is 128 cm³/mol. The van der Waals surface area contributed by atoms with Gasteiger partial charge >= 0.3 is 11.9 Å². The molecule has 0 unspecified atom stereocenters. The number of carbonyl (C=O) groups excluding carboxylic acids is 1. The first-order chi connectivity index (χ1) is 16.2. The highest BCUT2D eigenvalue weighted by Crippen LogP contribution is 2.21. The molecular weight excluding hydrogens is 436 g/mol. The second-order valence-electron chi connectivity index (χ2n) is 8.72. The van der Waals surface area contributed by atoms with E-state index in [9.17, 15) is 4.79 Å². The van der Waals surface area contributed by atoms with Crippen LogP contribution in [0, 0.1) is 11.8 Å². The van der Waals surface area contributed by atoms with E-state index in [-0.39, 0.29) is 11.8 Å². The minimum absolute atomic E-state index is 0.170. The van der Waals surface area contributed by atoms with Crippen LogP contribution in [-0.4, -0.2) is 52.6 Å². The lowest BCUT2D eigenvalue weighted by molar-refractivity contribution is -0.159. The van der Waals surface area contributed by atoms with Crippen molar-refractivity contribution in [2.24, 2.45) is 11.8 Å². The number of benzene rings is 2. The first kappa shape index (κ1) is 26.9. The molecule has 1 aliphatic heterocycles. The molecule has 8 nitrogen and oxygen atoms in total. The first-order valence-corrected chi connectivity index (χ1v) is 11.5. The number of hydrogen-bond donors (Lipinski definition) is 3. The van der Waals surface area contributed by atoms with Gasteiger partial charge in [0.1, 0.15) is 12.4 Å². The van der Waals surface area contributed by atoms with Gasteiger partial charge in [0, 0.05) is 19.0 Å². The standard InChI is InChI=1S/C24H32N2O2.C2H2O4/c1-19(2)16-25-24(27)22-12-14-26(15-13-22)17-20-8-10-23(11-9-20)28-18-21-6-4-3-5-7-21;3-1(4)2(5)6/h3-11,19,22H,12-18H2,1-2H3,(H,25,27);(H,3,4)(H,5,6). The van der Waals surface area contributed by atoms with E-state index < -0.39 is 11.9 Å². The number of likely N-dealkylation sites (tertiary alicyclic amines) is 1. The number of ether oxygens (including phenoxy) is 1. The zero-order valence-electron chi connectivity index (χ0n) is 19.8. The number of nitrogens with zero attached hydrogens (tertiary/aromatic N) is 1. The molecule has 8 heteroatoms. The predicted octanol–water partition coefficient (Wildman–Crippen LogP) is 3.41. The Balaban J connectivity index is 0.000000604. The second kappa shape index (κ2) is 14.0. The monoisotopic (exact) mass is 470 g/mol. The molecule has 0 aliphatic carbocycles. The summed E-state index contributed by atoms with van der Waals surface area (Å²) in [5.74, 6) is -1.85. The molecule has 0 spiro atoms. The van der Waals surface area contributed by atoms with E-state index in [0.717, 1.165) is 44.8 Å². The van der Waals surface area contributed by atoms with Crippen LogP contribution in [0.5, 0.6) is 5.75 Å². The molecule has 1 aliphatic rings. The van der Waals surface area contributed by atoms with Crippen LogP contribution >= 0.6 is 0 Å². The number of aliphatic carboxylic acids is 2. The van der Waals surface area contributed by atoms with Gasteiger partial charge in [0.05, 0.1) is 0 Å². The Labute approximate surface area is 200 Å². The van der Waals surface area contributed by atoms with Gasteiger partial charge in [0.25, 0.3) is 0 Å². The molecule has 0 saturated carbocycles. The fourth-order valence-corrected chi connectivity index (χ4v) is 3.49. The van der Waals surface area contributed by atoms with Crippen LogP contribution in [0.1, 0.15) is 37.8 Å². The van der Waals surface area contributed by atoms with Crippen LogP contribution in [0.4, 0.5) is 0 Å². The summed E-state index contributed by atoms with van der Waals surface area (Å²) in [6.45, 7) is 8.50. The molecule has 2 aromatic rings. The van der Waals surface area contributed by atoms with E-state index in [0.29, 0.717) is 12.5 Å². The van der Waals surface area contributed by atoms with Crippen molar-refractivity contribution >= 4 is 17.8 Å². The molecule has 1 amide bonds. The minimum Gasteiger partial charge on any atom is -0.489 e. The second-order valence-corrected chi connectivity index (χ2v) is 8.72. The van der Waals surface area contributed by atoms with Gasteiger partial charge in [-0.15, -0.1) is 0 Å². The van der Waals surface area contributed by atoms with Gasteiger partial charge in [-0.2, -0.15) is 0 Å². The van der Waals surface area contributed by atoms with E-state index in [1.807, 2.05) is 30.3 Å². The van der Waals surface area contributed by atoms with Gasteiger partial charge in [0.2, 0.25) is 5.91 Å². The average molecular weight is 471 g/mol. The minimum atomic E-state index is -1.82. The van der Waals surface area contributed by atoms with E-state index in [4.69, 9.17) is 24.5 Å². The SMILES string of the molecule is CC(C)CNC(=O)C1CCN(Cc2ccc(OCc3ccccc3)cc2)CC1.O=C(O)C(=O)O. The Morgan fingerprint density at radius 2 is 1.53 bits per heavy atom. The lowest BCUT2D eigenvalue weighted by Crippen LogP contribution is -2.41. The van der Waals surface area contributed by atoms with Crippen molar-refractivity contribution in [1.82, 2.24) is 10.2 Å². The highest BCUT2D eigenvalue weighted by Gasteiger charge is 2.24. The summed E-state index contributed by atoms with van der Waals surface area (Å²) in [5.41, 5.74) is 2.46. The molecule has 0 bridgehead atoms. The molecule has 3 rings (SSSR count). The normalized spacial score (nSPS) is 14.1. The molecule has 1 fully saturated rings. The first-order valence-electron chi connectivity index (χ1n) is 11.5. The summed E-state index contributed by atoms with van der Waals surface area (Å²) in [6, 6.07) is 18.6. The number of amides is 1. The van der Waals surface area contributed by atoms with Gasteiger partial charge in [-0.1, -0.05) is 56.3 Å². The van der Waals surface area contributed by atoms with Crippen molar-refractivity contribution in [3.63, 3.8) is 0 Å². The maximum absolute atomic E-state index is 12.2. The molecule has 0 aromatic heterocycles. The van der Waals surface area contributed by atoms with Crippen molar-refractivity contribution in [3.05, 3.63) is 65.7 Å². The highest BCUT2D eigenvalue weighted by atomic mass is 16.5. The Morgan fingerprint density at radius 3 is 2.06 bits per heavy atom. The molecule has 1 saturated heterocycles. The summed E-state index contributed by atoms with van der Waals surface area (Å²) < 4.78 is 5.86. The van der Waals surface area contributed by atoms with Crippen molar-refractivity contribution in [2.75, 3.05) is 19.6 Å². The van der Waals surface area contributed by atoms with E-state index in [2.05, 4.69) is 48.3 Å². The van der Waals surface area contributed by atoms with Crippen molar-refractivity contribution < 1.29 is 29.3 Å². The number of carbonyl (C=O) groups is 3. The summed E-state index contributed by atoms with van der Waals surface area (Å²) in [4.78, 5) is 32.9. The van der Waals surface area contributed by atoms with Crippen LogP contribution < -0.4 is 10.1 Å². The van der Waals surface area contributed by atoms with Crippen molar-refractivity contribution in [1.29, 1.82) is 0 Å². The molecule has 3 N–H and O–H groups in total. The quantitative estimate of drug-likeness (QED) is 0.506. The number of carboxylic acid groups (broad SMARTS) is 2.